The van der Waals surface area contributed by atoms with E-state index < -0.39 is 0 Å². The van der Waals surface area contributed by atoms with Crippen molar-refractivity contribution in [3.05, 3.63) is 65.5 Å². The highest BCUT2D eigenvalue weighted by atomic mass is 19.1. The van der Waals surface area contributed by atoms with E-state index in [0.29, 0.717) is 5.56 Å². The van der Waals surface area contributed by atoms with Gasteiger partial charge in [-0.3, -0.25) is 5.43 Å². The number of hydrogen-bond acceptors (Lipinski definition) is 2. The fraction of sp³-hybridized carbons (Fsp3) is 0.0714. The van der Waals surface area contributed by atoms with Gasteiger partial charge in [0.2, 0.25) is 0 Å². The predicted molar refractivity (Wildman–Crippen MR) is 68.8 cm³/mol. The van der Waals surface area contributed by atoms with Crippen LogP contribution in [0.2, 0.25) is 0 Å². The Bertz CT molecular complexity index is 521. The Hall–Kier alpha value is -2.16. The molecule has 0 saturated carbocycles. The summed E-state index contributed by atoms with van der Waals surface area (Å²) in [6, 6.07) is 14.6. The molecule has 0 amide bonds. The molecule has 2 aromatic rings. The molecule has 0 aliphatic carbocycles. The summed E-state index contributed by atoms with van der Waals surface area (Å²) in [5, 5.41) is 4.04. The lowest BCUT2D eigenvalue weighted by Crippen LogP contribution is -1.91. The van der Waals surface area contributed by atoms with Gasteiger partial charge in [-0.2, -0.15) is 5.10 Å². The number of hydrogen-bond donors (Lipinski definition) is 1. The Labute approximate surface area is 99.8 Å². The van der Waals surface area contributed by atoms with Crippen molar-refractivity contribution in [1.29, 1.82) is 0 Å². The molecule has 2 rings (SSSR count). The highest BCUT2D eigenvalue weighted by Gasteiger charge is 1.96. The monoisotopic (exact) mass is 228 g/mol. The average Bonchev–Trinajstić information content (AvgIpc) is 2.35. The van der Waals surface area contributed by atoms with Gasteiger partial charge in [-0.25, -0.2) is 4.39 Å². The van der Waals surface area contributed by atoms with Crippen LogP contribution in [0.4, 0.5) is 10.1 Å². The van der Waals surface area contributed by atoms with Crippen LogP contribution in [0.25, 0.3) is 0 Å². The number of para-hydroxylation sites is 1. The summed E-state index contributed by atoms with van der Waals surface area (Å²) < 4.78 is 13.2. The van der Waals surface area contributed by atoms with E-state index in [2.05, 4.69) is 10.5 Å². The van der Waals surface area contributed by atoms with Gasteiger partial charge < -0.3 is 0 Å². The third-order valence-corrected chi connectivity index (χ3v) is 2.38. The molecule has 0 spiro atoms. The number of nitrogens with zero attached hydrogens (tertiary/aromatic N) is 1. The van der Waals surface area contributed by atoms with Crippen LogP contribution in [-0.2, 0) is 0 Å². The molecule has 0 heterocycles. The Morgan fingerprint density at radius 1 is 1.12 bits per heavy atom. The van der Waals surface area contributed by atoms with Gasteiger partial charge in [0, 0.05) is 0 Å². The fourth-order valence-corrected chi connectivity index (χ4v) is 1.38. The molecule has 0 fully saturated rings. The largest absolute Gasteiger partial charge is 0.279 e. The lowest BCUT2D eigenvalue weighted by atomic mass is 10.1. The number of hydrazone groups is 1. The number of halogens is 1. The summed E-state index contributed by atoms with van der Waals surface area (Å²) in [6.45, 7) is 1.73. The first-order valence-electron chi connectivity index (χ1n) is 5.36. The molecule has 2 aromatic carbocycles. The van der Waals surface area contributed by atoms with Crippen LogP contribution in [0.1, 0.15) is 11.1 Å². The molecule has 0 radical (unpaired) electrons. The minimum absolute atomic E-state index is 0.214. The van der Waals surface area contributed by atoms with Crippen LogP contribution >= 0.6 is 0 Å². The third kappa shape index (κ3) is 3.14. The van der Waals surface area contributed by atoms with Gasteiger partial charge in [-0.15, -0.1) is 0 Å². The molecular weight excluding hydrogens is 215 g/mol. The molecule has 2 nitrogen and oxygen atoms in total. The minimum Gasteiger partial charge on any atom is -0.279 e. The smallest absolute Gasteiger partial charge is 0.126 e. The average molecular weight is 228 g/mol. The molecule has 1 N–H and O–H groups in total. The zero-order valence-corrected chi connectivity index (χ0v) is 9.52. The number of aryl methyl sites for hydroxylation is 1. The van der Waals surface area contributed by atoms with E-state index >= 15 is 0 Å². The molecule has 0 aromatic heterocycles. The molecule has 0 unspecified atom stereocenters. The zero-order chi connectivity index (χ0) is 12.1. The first kappa shape index (κ1) is 11.3. The minimum atomic E-state index is -0.214. The Morgan fingerprint density at radius 2 is 1.88 bits per heavy atom. The number of nitrogens with one attached hydrogen (secondary N) is 1. The van der Waals surface area contributed by atoms with Crippen LogP contribution in [-0.4, -0.2) is 6.21 Å². The van der Waals surface area contributed by atoms with E-state index in [1.54, 1.807) is 19.2 Å². The Morgan fingerprint density at radius 3 is 2.59 bits per heavy atom. The van der Waals surface area contributed by atoms with Crippen LogP contribution in [0, 0.1) is 12.7 Å². The maximum absolute atomic E-state index is 13.2. The predicted octanol–water partition coefficient (Wildman–Crippen LogP) is 3.58. The highest BCUT2D eigenvalue weighted by Crippen LogP contribution is 2.08. The molecule has 0 aliphatic rings. The van der Waals surface area contributed by atoms with Crippen molar-refractivity contribution < 1.29 is 4.39 Å². The first-order valence-corrected chi connectivity index (χ1v) is 5.36. The molecule has 0 atom stereocenters. The van der Waals surface area contributed by atoms with Gasteiger partial charge in [-0.1, -0.05) is 30.3 Å². The summed E-state index contributed by atoms with van der Waals surface area (Å²) in [5.41, 5.74) is 5.14. The highest BCUT2D eigenvalue weighted by molar-refractivity contribution is 5.80. The van der Waals surface area contributed by atoms with Gasteiger partial charge in [0.05, 0.1) is 11.9 Å². The molecule has 86 valence electrons. The fourth-order valence-electron chi connectivity index (χ4n) is 1.38. The van der Waals surface area contributed by atoms with Gasteiger partial charge in [0.1, 0.15) is 5.82 Å². The van der Waals surface area contributed by atoms with Crippen molar-refractivity contribution in [3.8, 4) is 0 Å². The van der Waals surface area contributed by atoms with Gasteiger partial charge in [0.25, 0.3) is 0 Å². The van der Waals surface area contributed by atoms with Crippen molar-refractivity contribution in [2.45, 2.75) is 6.92 Å². The van der Waals surface area contributed by atoms with E-state index in [4.69, 9.17) is 0 Å². The van der Waals surface area contributed by atoms with Crippen molar-refractivity contribution in [1.82, 2.24) is 0 Å². The Balaban J connectivity index is 2.03. The molecule has 0 saturated heterocycles. The van der Waals surface area contributed by atoms with Crippen LogP contribution < -0.4 is 5.43 Å². The van der Waals surface area contributed by atoms with Crippen LogP contribution in [0.15, 0.2) is 53.6 Å². The molecular formula is C14H13FN2. The van der Waals surface area contributed by atoms with Crippen molar-refractivity contribution >= 4 is 11.9 Å². The topological polar surface area (TPSA) is 24.4 Å². The molecule has 0 bridgehead atoms. The summed E-state index contributed by atoms with van der Waals surface area (Å²) in [5.74, 6) is -0.214. The number of rotatable bonds is 3. The van der Waals surface area contributed by atoms with Crippen LogP contribution in [0.3, 0.4) is 0 Å². The number of benzene rings is 2. The lowest BCUT2D eigenvalue weighted by molar-refractivity contribution is 0.618. The van der Waals surface area contributed by atoms with E-state index in [1.807, 2.05) is 36.4 Å². The zero-order valence-electron chi connectivity index (χ0n) is 9.52. The second kappa shape index (κ2) is 5.25. The van der Waals surface area contributed by atoms with E-state index in [1.165, 1.54) is 6.07 Å². The normalized spacial score (nSPS) is 10.7. The van der Waals surface area contributed by atoms with Crippen molar-refractivity contribution in [2.75, 3.05) is 5.43 Å². The Kier molecular flexibility index (Phi) is 3.50. The van der Waals surface area contributed by atoms with E-state index in [0.717, 1.165) is 11.3 Å². The van der Waals surface area contributed by atoms with Gasteiger partial charge in [0.15, 0.2) is 0 Å². The summed E-state index contributed by atoms with van der Waals surface area (Å²) in [7, 11) is 0. The SMILES string of the molecule is Cc1ccc(C=NNc2ccccc2)cc1F. The van der Waals surface area contributed by atoms with Gasteiger partial charge >= 0.3 is 0 Å². The second-order valence-electron chi connectivity index (χ2n) is 3.74. The quantitative estimate of drug-likeness (QED) is 0.630. The molecule has 3 heteroatoms. The maximum atomic E-state index is 13.2. The van der Waals surface area contributed by atoms with Crippen molar-refractivity contribution in [2.24, 2.45) is 5.10 Å². The van der Waals surface area contributed by atoms with Gasteiger partial charge in [-0.05, 0) is 36.2 Å². The maximum Gasteiger partial charge on any atom is 0.126 e. The summed E-state index contributed by atoms with van der Waals surface area (Å²) in [4.78, 5) is 0. The molecule has 17 heavy (non-hydrogen) atoms. The molecule has 0 aliphatic heterocycles. The van der Waals surface area contributed by atoms with Crippen LogP contribution in [0.5, 0.6) is 0 Å². The summed E-state index contributed by atoms with van der Waals surface area (Å²) in [6.07, 6.45) is 1.59. The third-order valence-electron chi connectivity index (χ3n) is 2.38. The second-order valence-corrected chi connectivity index (χ2v) is 3.74. The summed E-state index contributed by atoms with van der Waals surface area (Å²) >= 11 is 0. The van der Waals surface area contributed by atoms with E-state index in [9.17, 15) is 4.39 Å². The first-order chi connectivity index (χ1) is 8.25. The van der Waals surface area contributed by atoms with Crippen molar-refractivity contribution in [3.63, 3.8) is 0 Å². The lowest BCUT2D eigenvalue weighted by Gasteiger charge is -1.99. The number of anilines is 1. The standard InChI is InChI=1S/C14H13FN2/c1-11-7-8-12(9-14(11)15)10-16-17-13-5-3-2-4-6-13/h2-10,17H,1H3. The van der Waals surface area contributed by atoms with E-state index in [-0.39, 0.29) is 5.82 Å².